The second kappa shape index (κ2) is 10.00. The lowest BCUT2D eigenvalue weighted by Crippen LogP contribution is -2.24. The molecule has 5 aromatic heterocycles. The predicted molar refractivity (Wildman–Crippen MR) is 153 cm³/mol. The van der Waals surface area contributed by atoms with E-state index in [1.165, 1.54) is 18.6 Å². The first-order valence-electron chi connectivity index (χ1n) is 13.5. The van der Waals surface area contributed by atoms with Gasteiger partial charge in [-0.15, -0.1) is 0 Å². The third kappa shape index (κ3) is 4.49. The number of halogens is 1. The minimum Gasteiger partial charge on any atom is -0.338 e. The summed E-state index contributed by atoms with van der Waals surface area (Å²) in [4.78, 5) is 29.6. The van der Waals surface area contributed by atoms with E-state index in [0.717, 1.165) is 75.7 Å². The highest BCUT2D eigenvalue weighted by Crippen LogP contribution is 2.34. The summed E-state index contributed by atoms with van der Waals surface area (Å²) >= 11 is 0. The molecule has 1 saturated carbocycles. The number of nitrogens with one attached hydrogen (secondary N) is 3. The van der Waals surface area contributed by atoms with Gasteiger partial charge in [-0.1, -0.05) is 31.4 Å². The van der Waals surface area contributed by atoms with Gasteiger partial charge < -0.3 is 10.3 Å². The Morgan fingerprint density at radius 1 is 0.900 bits per heavy atom. The number of rotatable bonds is 5. The average molecular weight is 532 g/mol. The highest BCUT2D eigenvalue weighted by molar-refractivity contribution is 6.00. The summed E-state index contributed by atoms with van der Waals surface area (Å²) in [5, 5.41) is 12.5. The number of pyridine rings is 3. The number of benzene rings is 1. The third-order valence-electron chi connectivity index (χ3n) is 7.67. The van der Waals surface area contributed by atoms with E-state index < -0.39 is 0 Å². The quantitative estimate of drug-likeness (QED) is 0.224. The Morgan fingerprint density at radius 2 is 1.75 bits per heavy atom. The van der Waals surface area contributed by atoms with Crippen molar-refractivity contribution in [3.63, 3.8) is 0 Å². The molecule has 40 heavy (non-hydrogen) atoms. The molecule has 0 unspecified atom stereocenters. The topological polar surface area (TPSA) is 112 Å². The Bertz CT molecular complexity index is 1850. The lowest BCUT2D eigenvalue weighted by Gasteiger charge is -2.20. The Morgan fingerprint density at radius 3 is 2.60 bits per heavy atom. The number of nitrogens with zero attached hydrogens (tertiary/aromatic N) is 4. The largest absolute Gasteiger partial charge is 0.338 e. The van der Waals surface area contributed by atoms with Crippen LogP contribution in [0.1, 0.15) is 32.1 Å². The molecule has 7 rings (SSSR count). The molecular formula is C31H26FN7O. The van der Waals surface area contributed by atoms with Crippen molar-refractivity contribution in [1.29, 1.82) is 0 Å². The molecule has 9 heteroatoms. The maximum Gasteiger partial charge on any atom is 0.227 e. The van der Waals surface area contributed by atoms with Crippen molar-refractivity contribution >= 4 is 33.5 Å². The molecule has 1 aliphatic rings. The Hall–Kier alpha value is -4.92. The minimum absolute atomic E-state index is 0.0617. The van der Waals surface area contributed by atoms with Gasteiger partial charge in [-0.3, -0.25) is 19.9 Å². The van der Waals surface area contributed by atoms with Crippen LogP contribution in [0.25, 0.3) is 55.7 Å². The third-order valence-corrected chi connectivity index (χ3v) is 7.67. The smallest absolute Gasteiger partial charge is 0.227 e. The molecule has 0 radical (unpaired) electrons. The van der Waals surface area contributed by atoms with E-state index in [-0.39, 0.29) is 17.6 Å². The second-order valence-corrected chi connectivity index (χ2v) is 10.3. The first-order valence-corrected chi connectivity index (χ1v) is 13.5. The molecule has 3 N–H and O–H groups in total. The van der Waals surface area contributed by atoms with E-state index >= 15 is 0 Å². The minimum atomic E-state index is -0.274. The van der Waals surface area contributed by atoms with Crippen molar-refractivity contribution in [1.82, 2.24) is 30.1 Å². The Labute approximate surface area is 229 Å². The molecule has 0 aliphatic heterocycles. The SMILES string of the molecule is O=C(Nc1cncc(-c2cc3c(-c4cc5c(-c6ccc(F)cc6)ccnc5[nH]4)n[nH]c3cn2)c1)C1CCCCC1. The van der Waals surface area contributed by atoms with Gasteiger partial charge >= 0.3 is 0 Å². The highest BCUT2D eigenvalue weighted by Gasteiger charge is 2.21. The van der Waals surface area contributed by atoms with E-state index in [0.29, 0.717) is 11.3 Å². The number of hydrogen-bond donors (Lipinski definition) is 3. The molecule has 6 aromatic rings. The van der Waals surface area contributed by atoms with E-state index in [2.05, 4.69) is 35.5 Å². The molecule has 0 spiro atoms. The van der Waals surface area contributed by atoms with Crippen molar-refractivity contribution in [3.8, 4) is 33.8 Å². The van der Waals surface area contributed by atoms with E-state index in [4.69, 9.17) is 0 Å². The van der Waals surface area contributed by atoms with Gasteiger partial charge in [-0.2, -0.15) is 5.10 Å². The molecule has 1 fully saturated rings. The number of amides is 1. The van der Waals surface area contributed by atoms with Crippen molar-refractivity contribution in [2.24, 2.45) is 5.92 Å². The first-order chi connectivity index (χ1) is 19.6. The zero-order chi connectivity index (χ0) is 27.1. The number of H-pyrrole nitrogens is 2. The molecule has 8 nitrogen and oxygen atoms in total. The van der Waals surface area contributed by atoms with Gasteiger partial charge in [0.15, 0.2) is 0 Å². The van der Waals surface area contributed by atoms with E-state index in [1.54, 1.807) is 36.9 Å². The van der Waals surface area contributed by atoms with Gasteiger partial charge in [-0.25, -0.2) is 9.37 Å². The number of fused-ring (bicyclic) bond motifs is 2. The van der Waals surface area contributed by atoms with Crippen LogP contribution in [-0.2, 0) is 4.79 Å². The van der Waals surface area contributed by atoms with Crippen molar-refractivity contribution in [2.45, 2.75) is 32.1 Å². The van der Waals surface area contributed by atoms with Crippen LogP contribution >= 0.6 is 0 Å². The number of aromatic amines is 2. The maximum absolute atomic E-state index is 13.5. The van der Waals surface area contributed by atoms with Crippen LogP contribution in [0.4, 0.5) is 10.1 Å². The summed E-state index contributed by atoms with van der Waals surface area (Å²) in [7, 11) is 0. The molecule has 5 heterocycles. The Kier molecular flexibility index (Phi) is 6.03. The maximum atomic E-state index is 13.5. The van der Waals surface area contributed by atoms with Crippen LogP contribution in [-0.4, -0.2) is 36.0 Å². The van der Waals surface area contributed by atoms with Crippen LogP contribution in [0.15, 0.2) is 73.3 Å². The second-order valence-electron chi connectivity index (χ2n) is 10.3. The van der Waals surface area contributed by atoms with E-state index in [9.17, 15) is 9.18 Å². The Balaban J connectivity index is 1.22. The van der Waals surface area contributed by atoms with Crippen molar-refractivity contribution < 1.29 is 9.18 Å². The molecule has 198 valence electrons. The predicted octanol–water partition coefficient (Wildman–Crippen LogP) is 6.89. The van der Waals surface area contributed by atoms with E-state index in [1.807, 2.05) is 24.3 Å². The van der Waals surface area contributed by atoms with Crippen LogP contribution < -0.4 is 5.32 Å². The monoisotopic (exact) mass is 531 g/mol. The molecule has 0 saturated heterocycles. The van der Waals surface area contributed by atoms with Crippen molar-refractivity contribution in [2.75, 3.05) is 5.32 Å². The van der Waals surface area contributed by atoms with Crippen molar-refractivity contribution in [3.05, 3.63) is 79.1 Å². The molecule has 1 amide bonds. The zero-order valence-corrected chi connectivity index (χ0v) is 21.6. The summed E-state index contributed by atoms with van der Waals surface area (Å²) in [6.07, 6.45) is 12.2. The first kappa shape index (κ1) is 24.1. The number of hydrogen-bond acceptors (Lipinski definition) is 5. The fourth-order valence-electron chi connectivity index (χ4n) is 5.57. The fourth-order valence-corrected chi connectivity index (χ4v) is 5.57. The van der Waals surface area contributed by atoms with Crippen LogP contribution in [0.5, 0.6) is 0 Å². The number of aromatic nitrogens is 6. The lowest BCUT2D eigenvalue weighted by molar-refractivity contribution is -0.120. The van der Waals surface area contributed by atoms with Gasteiger partial charge in [0.1, 0.15) is 17.2 Å². The molecule has 0 atom stereocenters. The molecule has 0 bridgehead atoms. The lowest BCUT2D eigenvalue weighted by atomic mass is 9.88. The molecule has 1 aliphatic carbocycles. The van der Waals surface area contributed by atoms with Crippen LogP contribution in [0.2, 0.25) is 0 Å². The summed E-state index contributed by atoms with van der Waals surface area (Å²) < 4.78 is 13.5. The molecular weight excluding hydrogens is 505 g/mol. The number of carbonyl (C=O) groups excluding carboxylic acids is 1. The van der Waals surface area contributed by atoms with Gasteiger partial charge in [0.05, 0.1) is 35.0 Å². The summed E-state index contributed by atoms with van der Waals surface area (Å²) in [6, 6.07) is 14.2. The van der Waals surface area contributed by atoms with Crippen LogP contribution in [0, 0.1) is 11.7 Å². The zero-order valence-electron chi connectivity index (χ0n) is 21.6. The standard InChI is InChI=1S/C31H26FN7O/c32-21-8-6-18(7-9-21)23-10-11-34-30-24(23)13-27(37-30)29-25-14-26(35-17-28(25)38-39-29)20-12-22(16-33-15-20)36-31(40)19-4-2-1-3-5-19/h6-17,19H,1-5H2,(H,34,37)(H,36,40)(H,38,39). The molecule has 1 aromatic carbocycles. The average Bonchev–Trinajstić information content (AvgIpc) is 3.62. The summed E-state index contributed by atoms with van der Waals surface area (Å²) in [6.45, 7) is 0. The number of carbonyl (C=O) groups is 1. The van der Waals surface area contributed by atoms with Gasteiger partial charge in [-0.05, 0) is 60.4 Å². The van der Waals surface area contributed by atoms with Gasteiger partial charge in [0.2, 0.25) is 5.91 Å². The highest BCUT2D eigenvalue weighted by atomic mass is 19.1. The fraction of sp³-hybridized carbons (Fsp3) is 0.194. The summed E-state index contributed by atoms with van der Waals surface area (Å²) in [5.41, 5.74) is 7.08. The number of anilines is 1. The normalized spacial score (nSPS) is 14.1. The van der Waals surface area contributed by atoms with Gasteiger partial charge in [0.25, 0.3) is 0 Å². The van der Waals surface area contributed by atoms with Crippen LogP contribution in [0.3, 0.4) is 0 Å². The summed E-state index contributed by atoms with van der Waals surface area (Å²) in [5.74, 6) is -0.148. The van der Waals surface area contributed by atoms with Gasteiger partial charge in [0, 0.05) is 34.6 Å².